The number of halogens is 1. The topological polar surface area (TPSA) is 62.2 Å². The molecule has 0 atom stereocenters. The molecule has 0 radical (unpaired) electrons. The van der Waals surface area contributed by atoms with Gasteiger partial charge in [-0.2, -0.15) is 0 Å². The molecule has 0 aliphatic rings. The number of phenols is 1. The Bertz CT molecular complexity index is 899. The Morgan fingerprint density at radius 3 is 2.59 bits per heavy atom. The van der Waals surface area contributed by atoms with Gasteiger partial charge < -0.3 is 10.4 Å². The maximum atomic E-state index is 12.6. The first-order valence-corrected chi connectivity index (χ1v) is 10.2. The number of aryl methyl sites for hydroxylation is 1. The molecule has 4 nitrogen and oxygen atoms in total. The van der Waals surface area contributed by atoms with Gasteiger partial charge in [0, 0.05) is 22.1 Å². The molecular weight excluding hydrogens is 424 g/mol. The van der Waals surface area contributed by atoms with Crippen LogP contribution in [0.15, 0.2) is 81.3 Å². The minimum Gasteiger partial charge on any atom is -0.508 e. The van der Waals surface area contributed by atoms with E-state index >= 15 is 0 Å². The number of carbonyl (C=O) groups is 1. The Morgan fingerprint density at radius 1 is 1.07 bits per heavy atom. The zero-order valence-corrected chi connectivity index (χ0v) is 17.0. The van der Waals surface area contributed by atoms with Crippen molar-refractivity contribution in [3.8, 4) is 5.75 Å². The number of amides is 1. The van der Waals surface area contributed by atoms with Gasteiger partial charge in [0.05, 0.1) is 5.56 Å². The van der Waals surface area contributed by atoms with Crippen LogP contribution in [0, 0.1) is 0 Å². The number of carbonyl (C=O) groups excluding carboxylic acids is 1. The summed E-state index contributed by atoms with van der Waals surface area (Å²) in [6, 6.07) is 18.5. The first kappa shape index (κ1) is 19.5. The maximum absolute atomic E-state index is 12.6. The van der Waals surface area contributed by atoms with Gasteiger partial charge in [-0.25, -0.2) is 4.98 Å². The van der Waals surface area contributed by atoms with Crippen molar-refractivity contribution in [2.45, 2.75) is 22.8 Å². The van der Waals surface area contributed by atoms with Crippen LogP contribution >= 0.6 is 27.7 Å². The molecule has 6 heteroatoms. The second kappa shape index (κ2) is 9.58. The van der Waals surface area contributed by atoms with Gasteiger partial charge in [-0.15, -0.1) is 0 Å². The van der Waals surface area contributed by atoms with Gasteiger partial charge in [-0.1, -0.05) is 36.0 Å². The Balaban J connectivity index is 1.56. The molecule has 0 bridgehead atoms. The van der Waals surface area contributed by atoms with E-state index in [4.69, 9.17) is 0 Å². The third kappa shape index (κ3) is 5.84. The highest BCUT2D eigenvalue weighted by Gasteiger charge is 2.12. The van der Waals surface area contributed by atoms with E-state index in [2.05, 4.69) is 26.2 Å². The van der Waals surface area contributed by atoms with Crippen molar-refractivity contribution in [3.63, 3.8) is 0 Å². The van der Waals surface area contributed by atoms with Crippen LogP contribution in [0.2, 0.25) is 0 Å². The summed E-state index contributed by atoms with van der Waals surface area (Å²) in [5.74, 6) is 0.183. The summed E-state index contributed by atoms with van der Waals surface area (Å²) in [6.07, 6.45) is 3.42. The van der Waals surface area contributed by atoms with E-state index in [0.29, 0.717) is 12.1 Å². The van der Waals surface area contributed by atoms with E-state index in [1.54, 1.807) is 18.3 Å². The predicted molar refractivity (Wildman–Crippen MR) is 111 cm³/mol. The molecule has 2 N–H and O–H groups in total. The van der Waals surface area contributed by atoms with E-state index < -0.39 is 0 Å². The molecule has 0 saturated carbocycles. The van der Waals surface area contributed by atoms with Crippen molar-refractivity contribution in [3.05, 3.63) is 82.5 Å². The van der Waals surface area contributed by atoms with Crippen LogP contribution in [0.5, 0.6) is 5.75 Å². The lowest BCUT2D eigenvalue weighted by Crippen LogP contribution is -2.25. The summed E-state index contributed by atoms with van der Waals surface area (Å²) in [5, 5.41) is 13.1. The standard InChI is InChI=1S/C21H19BrN2O2S/c22-16-9-12-20(24-14-16)27-19-6-2-1-5-18(19)21(26)23-13-3-4-15-7-10-17(25)11-8-15/h1-2,5-12,14,25H,3-4,13H2,(H,23,26). The lowest BCUT2D eigenvalue weighted by Gasteiger charge is -2.10. The third-order valence-electron chi connectivity index (χ3n) is 3.91. The van der Waals surface area contributed by atoms with Crippen LogP contribution in [0.4, 0.5) is 0 Å². The van der Waals surface area contributed by atoms with Gasteiger partial charge >= 0.3 is 0 Å². The lowest BCUT2D eigenvalue weighted by atomic mass is 10.1. The second-order valence-electron chi connectivity index (χ2n) is 5.94. The number of nitrogens with zero attached hydrogens (tertiary/aromatic N) is 1. The molecule has 27 heavy (non-hydrogen) atoms. The SMILES string of the molecule is O=C(NCCCc1ccc(O)cc1)c1ccccc1Sc1ccc(Br)cn1. The molecule has 0 fully saturated rings. The number of nitrogens with one attached hydrogen (secondary N) is 1. The highest BCUT2D eigenvalue weighted by atomic mass is 79.9. The number of hydrogen-bond donors (Lipinski definition) is 2. The van der Waals surface area contributed by atoms with E-state index in [-0.39, 0.29) is 11.7 Å². The quantitative estimate of drug-likeness (QED) is 0.501. The molecule has 1 aromatic heterocycles. The summed E-state index contributed by atoms with van der Waals surface area (Å²) < 4.78 is 0.923. The Hall–Kier alpha value is -2.31. The Morgan fingerprint density at radius 2 is 1.85 bits per heavy atom. The molecule has 0 saturated heterocycles. The van der Waals surface area contributed by atoms with Gasteiger partial charge in [-0.05, 0) is 70.7 Å². The third-order valence-corrected chi connectivity index (χ3v) is 5.41. The van der Waals surface area contributed by atoms with Crippen molar-refractivity contribution in [1.29, 1.82) is 0 Å². The minimum absolute atomic E-state index is 0.0825. The molecule has 0 unspecified atom stereocenters. The second-order valence-corrected chi connectivity index (χ2v) is 7.92. The van der Waals surface area contributed by atoms with Crippen LogP contribution in [-0.4, -0.2) is 22.5 Å². The molecule has 1 amide bonds. The molecule has 1 heterocycles. The average molecular weight is 443 g/mol. The number of pyridine rings is 1. The molecular formula is C21H19BrN2O2S. The fourth-order valence-electron chi connectivity index (χ4n) is 2.53. The Kier molecular flexibility index (Phi) is 6.90. The summed E-state index contributed by atoms with van der Waals surface area (Å²) in [7, 11) is 0. The van der Waals surface area contributed by atoms with Crippen molar-refractivity contribution in [2.75, 3.05) is 6.54 Å². The zero-order valence-electron chi connectivity index (χ0n) is 14.6. The van der Waals surface area contributed by atoms with Crippen molar-refractivity contribution >= 4 is 33.6 Å². The highest BCUT2D eigenvalue weighted by Crippen LogP contribution is 2.29. The fourth-order valence-corrected chi connectivity index (χ4v) is 3.65. The van der Waals surface area contributed by atoms with Gasteiger partial charge in [0.1, 0.15) is 10.8 Å². The number of aromatic nitrogens is 1. The highest BCUT2D eigenvalue weighted by molar-refractivity contribution is 9.10. The summed E-state index contributed by atoms with van der Waals surface area (Å²) in [4.78, 5) is 17.8. The molecule has 2 aromatic carbocycles. The minimum atomic E-state index is -0.0825. The monoisotopic (exact) mass is 442 g/mol. The van der Waals surface area contributed by atoms with Crippen molar-refractivity contribution < 1.29 is 9.90 Å². The maximum Gasteiger partial charge on any atom is 0.252 e. The van der Waals surface area contributed by atoms with Gasteiger partial charge in [0.25, 0.3) is 5.91 Å². The molecule has 0 aliphatic carbocycles. The fraction of sp³-hybridized carbons (Fsp3) is 0.143. The number of rotatable bonds is 7. The van der Waals surface area contributed by atoms with Crippen molar-refractivity contribution in [2.24, 2.45) is 0 Å². The van der Waals surface area contributed by atoms with Crippen LogP contribution in [0.1, 0.15) is 22.3 Å². The Labute approximate surface area is 171 Å². The average Bonchev–Trinajstić information content (AvgIpc) is 2.69. The van der Waals surface area contributed by atoms with E-state index in [0.717, 1.165) is 32.8 Å². The normalized spacial score (nSPS) is 10.6. The summed E-state index contributed by atoms with van der Waals surface area (Å²) in [6.45, 7) is 0.593. The number of phenolic OH excluding ortho intramolecular Hbond substituents is 1. The van der Waals surface area contributed by atoms with Crippen LogP contribution in [0.3, 0.4) is 0 Å². The van der Waals surface area contributed by atoms with Crippen molar-refractivity contribution in [1.82, 2.24) is 10.3 Å². The molecule has 0 spiro atoms. The summed E-state index contributed by atoms with van der Waals surface area (Å²) >= 11 is 4.85. The van der Waals surface area contributed by atoms with Crippen LogP contribution in [0.25, 0.3) is 0 Å². The van der Waals surface area contributed by atoms with E-state index in [1.807, 2.05) is 48.5 Å². The van der Waals surface area contributed by atoms with Gasteiger partial charge in [0.15, 0.2) is 0 Å². The van der Waals surface area contributed by atoms with Crippen LogP contribution < -0.4 is 5.32 Å². The largest absolute Gasteiger partial charge is 0.508 e. The lowest BCUT2D eigenvalue weighted by molar-refractivity contribution is 0.0950. The smallest absolute Gasteiger partial charge is 0.252 e. The van der Waals surface area contributed by atoms with Gasteiger partial charge in [-0.3, -0.25) is 4.79 Å². The zero-order chi connectivity index (χ0) is 19.1. The number of hydrogen-bond acceptors (Lipinski definition) is 4. The van der Waals surface area contributed by atoms with E-state index in [1.165, 1.54) is 11.8 Å². The first-order valence-electron chi connectivity index (χ1n) is 8.56. The van der Waals surface area contributed by atoms with E-state index in [9.17, 15) is 9.90 Å². The predicted octanol–water partition coefficient (Wildman–Crippen LogP) is 5.06. The van der Waals surface area contributed by atoms with Crippen LogP contribution in [-0.2, 0) is 6.42 Å². The number of benzene rings is 2. The number of aromatic hydroxyl groups is 1. The van der Waals surface area contributed by atoms with Gasteiger partial charge in [0.2, 0.25) is 0 Å². The molecule has 3 rings (SSSR count). The molecule has 138 valence electrons. The molecule has 3 aromatic rings. The molecule has 0 aliphatic heterocycles. The summed E-state index contributed by atoms with van der Waals surface area (Å²) in [5.41, 5.74) is 1.79. The first-order chi connectivity index (χ1) is 13.1.